The van der Waals surface area contributed by atoms with Crippen molar-refractivity contribution in [2.24, 2.45) is 5.10 Å². The molecule has 0 unspecified atom stereocenters. The molecule has 110 valence electrons. The van der Waals surface area contributed by atoms with Gasteiger partial charge in [-0.1, -0.05) is 24.3 Å². The molecule has 0 spiro atoms. The van der Waals surface area contributed by atoms with Gasteiger partial charge in [0.25, 0.3) is 5.91 Å². The van der Waals surface area contributed by atoms with Gasteiger partial charge >= 0.3 is 0 Å². The van der Waals surface area contributed by atoms with E-state index in [1.807, 2.05) is 36.4 Å². The van der Waals surface area contributed by atoms with E-state index in [0.29, 0.717) is 11.3 Å². The van der Waals surface area contributed by atoms with E-state index in [-0.39, 0.29) is 11.4 Å². The Morgan fingerprint density at radius 2 is 1.95 bits per heavy atom. The number of amides is 1. The van der Waals surface area contributed by atoms with Crippen LogP contribution in [-0.4, -0.2) is 27.6 Å². The molecule has 0 radical (unpaired) electrons. The molecular weight excluding hydrogens is 280 g/mol. The van der Waals surface area contributed by atoms with Crippen LogP contribution in [-0.2, 0) is 0 Å². The third-order valence-electron chi connectivity index (χ3n) is 2.91. The normalized spacial score (nSPS) is 10.4. The fourth-order valence-electron chi connectivity index (χ4n) is 1.87. The zero-order valence-electron chi connectivity index (χ0n) is 11.6. The molecule has 0 aliphatic rings. The molecule has 6 heteroatoms. The van der Waals surface area contributed by atoms with Gasteiger partial charge in [0.05, 0.1) is 23.0 Å². The third kappa shape index (κ3) is 3.50. The highest BCUT2D eigenvalue weighted by atomic mass is 16.2. The second-order valence-corrected chi connectivity index (χ2v) is 4.37. The summed E-state index contributed by atoms with van der Waals surface area (Å²) < 4.78 is 0. The van der Waals surface area contributed by atoms with Crippen molar-refractivity contribution >= 4 is 23.0 Å². The zero-order valence-corrected chi connectivity index (χ0v) is 11.6. The molecule has 3 rings (SSSR count). The Bertz CT molecular complexity index is 803. The number of hydrogen-bond donors (Lipinski definition) is 1. The molecule has 2 heterocycles. The van der Waals surface area contributed by atoms with Crippen molar-refractivity contribution in [3.8, 4) is 0 Å². The van der Waals surface area contributed by atoms with Crippen LogP contribution in [0.25, 0.3) is 10.9 Å². The lowest BCUT2D eigenvalue weighted by Crippen LogP contribution is -2.17. The highest BCUT2D eigenvalue weighted by molar-refractivity contribution is 5.94. The van der Waals surface area contributed by atoms with Crippen molar-refractivity contribution in [3.63, 3.8) is 0 Å². The van der Waals surface area contributed by atoms with Gasteiger partial charge in [0.2, 0.25) is 0 Å². The fourth-order valence-corrected chi connectivity index (χ4v) is 1.87. The first-order valence-corrected chi connectivity index (χ1v) is 6.42. The first kappa shape index (κ1) is 15.3. The molecule has 22 heavy (non-hydrogen) atoms. The Morgan fingerprint density at radius 1 is 1.09 bits per heavy atom. The molecule has 0 saturated carbocycles. The van der Waals surface area contributed by atoms with E-state index >= 15 is 0 Å². The standard InChI is InChI=1S/C16H12N4O.H2O/c21-16(13-5-3-9-17-10-13)20-18-11-14-8-7-12-4-1-2-6-15(12)19-14;/h1-11H,(H,20,21);1H2. The molecule has 3 N–H and O–H groups in total. The average molecular weight is 294 g/mol. The lowest BCUT2D eigenvalue weighted by molar-refractivity contribution is 0.0955. The fraction of sp³-hybridized carbons (Fsp3) is 0. The van der Waals surface area contributed by atoms with Crippen molar-refractivity contribution in [1.82, 2.24) is 15.4 Å². The van der Waals surface area contributed by atoms with E-state index in [1.165, 1.54) is 12.4 Å². The largest absolute Gasteiger partial charge is 0.412 e. The summed E-state index contributed by atoms with van der Waals surface area (Å²) in [5, 5.41) is 4.97. The molecule has 0 aliphatic carbocycles. The maximum Gasteiger partial charge on any atom is 0.272 e. The minimum atomic E-state index is -0.305. The molecule has 0 fully saturated rings. The summed E-state index contributed by atoms with van der Waals surface area (Å²) >= 11 is 0. The minimum absolute atomic E-state index is 0. The Balaban J connectivity index is 0.00000176. The number of nitrogens with zero attached hydrogens (tertiary/aromatic N) is 3. The highest BCUT2D eigenvalue weighted by Gasteiger charge is 2.02. The Hall–Kier alpha value is -3.12. The molecule has 1 aromatic carbocycles. The number of pyridine rings is 2. The van der Waals surface area contributed by atoms with Gasteiger partial charge < -0.3 is 5.48 Å². The van der Waals surface area contributed by atoms with E-state index in [9.17, 15) is 4.79 Å². The van der Waals surface area contributed by atoms with Crippen molar-refractivity contribution in [1.29, 1.82) is 0 Å². The van der Waals surface area contributed by atoms with E-state index in [2.05, 4.69) is 20.5 Å². The molecular formula is C16H14N4O2. The predicted molar refractivity (Wildman–Crippen MR) is 84.7 cm³/mol. The third-order valence-corrected chi connectivity index (χ3v) is 2.91. The van der Waals surface area contributed by atoms with Crippen LogP contribution < -0.4 is 5.43 Å². The van der Waals surface area contributed by atoms with Gasteiger partial charge in [-0.15, -0.1) is 0 Å². The van der Waals surface area contributed by atoms with Gasteiger partial charge in [-0.2, -0.15) is 5.10 Å². The van der Waals surface area contributed by atoms with Crippen LogP contribution >= 0.6 is 0 Å². The van der Waals surface area contributed by atoms with Crippen LogP contribution in [0.5, 0.6) is 0 Å². The molecule has 0 bridgehead atoms. The summed E-state index contributed by atoms with van der Waals surface area (Å²) in [5.74, 6) is -0.305. The van der Waals surface area contributed by atoms with E-state index in [1.54, 1.807) is 18.3 Å². The van der Waals surface area contributed by atoms with Gasteiger partial charge in [-0.25, -0.2) is 10.4 Å². The summed E-state index contributed by atoms with van der Waals surface area (Å²) in [6.45, 7) is 0. The van der Waals surface area contributed by atoms with E-state index < -0.39 is 0 Å². The number of hydrazone groups is 1. The minimum Gasteiger partial charge on any atom is -0.412 e. The van der Waals surface area contributed by atoms with Gasteiger partial charge in [-0.05, 0) is 24.3 Å². The Labute approximate surface area is 126 Å². The van der Waals surface area contributed by atoms with Gasteiger partial charge in [-0.3, -0.25) is 9.78 Å². The van der Waals surface area contributed by atoms with Crippen LogP contribution in [0.3, 0.4) is 0 Å². The summed E-state index contributed by atoms with van der Waals surface area (Å²) in [4.78, 5) is 20.1. The van der Waals surface area contributed by atoms with Crippen LogP contribution in [0.15, 0.2) is 66.0 Å². The summed E-state index contributed by atoms with van der Waals surface area (Å²) in [5.41, 5.74) is 4.48. The van der Waals surface area contributed by atoms with E-state index in [0.717, 1.165) is 10.9 Å². The Morgan fingerprint density at radius 3 is 2.77 bits per heavy atom. The van der Waals surface area contributed by atoms with Gasteiger partial charge in [0, 0.05) is 17.8 Å². The number of benzene rings is 1. The molecule has 2 aromatic heterocycles. The smallest absolute Gasteiger partial charge is 0.272 e. The number of rotatable bonds is 3. The number of para-hydroxylation sites is 1. The summed E-state index contributed by atoms with van der Waals surface area (Å²) in [7, 11) is 0. The zero-order chi connectivity index (χ0) is 14.5. The molecule has 0 atom stereocenters. The number of nitrogens with one attached hydrogen (secondary N) is 1. The number of hydrogen-bond acceptors (Lipinski definition) is 4. The number of carbonyl (C=O) groups is 1. The predicted octanol–water partition coefficient (Wildman–Crippen LogP) is 1.57. The molecule has 0 saturated heterocycles. The summed E-state index contributed by atoms with van der Waals surface area (Å²) in [6, 6.07) is 15.0. The number of fused-ring (bicyclic) bond motifs is 1. The topological polar surface area (TPSA) is 98.7 Å². The summed E-state index contributed by atoms with van der Waals surface area (Å²) in [6.07, 6.45) is 4.61. The Kier molecular flexibility index (Phi) is 4.89. The SMILES string of the molecule is O.O=C(NN=Cc1ccc2ccccc2n1)c1cccnc1. The van der Waals surface area contributed by atoms with Gasteiger partial charge in [0.1, 0.15) is 0 Å². The first-order chi connectivity index (χ1) is 10.3. The molecule has 1 amide bonds. The van der Waals surface area contributed by atoms with Crippen LogP contribution in [0.4, 0.5) is 0 Å². The van der Waals surface area contributed by atoms with E-state index in [4.69, 9.17) is 0 Å². The van der Waals surface area contributed by atoms with Crippen molar-refractivity contribution in [3.05, 3.63) is 72.2 Å². The lowest BCUT2D eigenvalue weighted by atomic mass is 10.2. The van der Waals surface area contributed by atoms with Crippen LogP contribution in [0.1, 0.15) is 16.1 Å². The number of aromatic nitrogens is 2. The van der Waals surface area contributed by atoms with Crippen molar-refractivity contribution < 1.29 is 10.3 Å². The monoisotopic (exact) mass is 294 g/mol. The average Bonchev–Trinajstić information content (AvgIpc) is 2.55. The van der Waals surface area contributed by atoms with Crippen LogP contribution in [0.2, 0.25) is 0 Å². The quantitative estimate of drug-likeness (QED) is 0.586. The first-order valence-electron chi connectivity index (χ1n) is 6.42. The maximum absolute atomic E-state index is 11.8. The van der Waals surface area contributed by atoms with Crippen molar-refractivity contribution in [2.45, 2.75) is 0 Å². The second kappa shape index (κ2) is 7.05. The maximum atomic E-state index is 11.8. The molecule has 0 aliphatic heterocycles. The highest BCUT2D eigenvalue weighted by Crippen LogP contribution is 2.10. The number of carbonyl (C=O) groups excluding carboxylic acids is 1. The van der Waals surface area contributed by atoms with Gasteiger partial charge in [0.15, 0.2) is 0 Å². The molecule has 6 nitrogen and oxygen atoms in total. The van der Waals surface area contributed by atoms with Crippen LogP contribution in [0, 0.1) is 0 Å². The van der Waals surface area contributed by atoms with Crippen molar-refractivity contribution in [2.75, 3.05) is 0 Å². The molecule has 3 aromatic rings. The second-order valence-electron chi connectivity index (χ2n) is 4.37. The lowest BCUT2D eigenvalue weighted by Gasteiger charge is -1.99.